The number of ether oxygens (including phenoxy) is 4. The molecule has 1 aromatic carbocycles. The van der Waals surface area contributed by atoms with Gasteiger partial charge in [0, 0.05) is 31.1 Å². The maximum absolute atomic E-state index is 13.2. The Morgan fingerprint density at radius 3 is 2.94 bits per heavy atom. The van der Waals surface area contributed by atoms with Crippen molar-refractivity contribution in [1.82, 2.24) is 5.32 Å². The van der Waals surface area contributed by atoms with E-state index in [1.807, 2.05) is 43.5 Å². The lowest BCUT2D eigenvalue weighted by atomic mass is 9.95. The zero-order valence-electron chi connectivity index (χ0n) is 19.4. The van der Waals surface area contributed by atoms with Crippen LogP contribution in [0, 0.1) is 18.8 Å². The third kappa shape index (κ3) is 4.99. The van der Waals surface area contributed by atoms with Gasteiger partial charge in [-0.05, 0) is 55.3 Å². The average molecular weight is 468 g/mol. The molecule has 1 aromatic rings. The summed E-state index contributed by atoms with van der Waals surface area (Å²) < 4.78 is 21.8. The summed E-state index contributed by atoms with van der Waals surface area (Å²) in [6, 6.07) is 5.51. The molecule has 3 aliphatic rings. The second-order valence-electron chi connectivity index (χ2n) is 8.07. The van der Waals surface area contributed by atoms with Crippen molar-refractivity contribution in [2.24, 2.45) is 16.8 Å². The molecule has 3 heterocycles. The highest BCUT2D eigenvalue weighted by molar-refractivity contribution is 6.10. The largest absolute Gasteiger partial charge is 0.491 e. The van der Waals surface area contributed by atoms with Gasteiger partial charge in [-0.15, -0.1) is 0 Å². The first-order chi connectivity index (χ1) is 16.5. The van der Waals surface area contributed by atoms with Gasteiger partial charge in [0.15, 0.2) is 17.9 Å². The predicted molar refractivity (Wildman–Crippen MR) is 126 cm³/mol. The zero-order chi connectivity index (χ0) is 24.1. The molecule has 4 atom stereocenters. The number of fused-ring (bicyclic) bond motifs is 1. The molecule has 180 valence electrons. The molecule has 2 N–H and O–H groups in total. The van der Waals surface area contributed by atoms with Crippen LogP contribution < -0.4 is 15.4 Å². The molecule has 0 amide bonds. The number of esters is 1. The molecule has 4 unspecified atom stereocenters. The number of rotatable bonds is 9. The third-order valence-electron chi connectivity index (χ3n) is 5.77. The maximum atomic E-state index is 13.2. The van der Waals surface area contributed by atoms with Crippen LogP contribution in [0.5, 0.6) is 5.75 Å². The monoisotopic (exact) mass is 467 g/mol. The minimum Gasteiger partial charge on any atom is -0.491 e. The van der Waals surface area contributed by atoms with E-state index in [0.717, 1.165) is 16.8 Å². The number of aliphatic imine (C=N–C) groups is 1. The molecule has 0 aliphatic carbocycles. The summed E-state index contributed by atoms with van der Waals surface area (Å²) in [7, 11) is 1.62. The summed E-state index contributed by atoms with van der Waals surface area (Å²) >= 11 is 0. The van der Waals surface area contributed by atoms with E-state index in [2.05, 4.69) is 15.6 Å². The Hall–Kier alpha value is -3.59. The molecule has 3 aliphatic heterocycles. The number of nitrogens with one attached hydrogen (secondary N) is 2. The highest BCUT2D eigenvalue weighted by Gasteiger charge is 2.47. The summed E-state index contributed by atoms with van der Waals surface area (Å²) in [5.74, 6) is -1.34. The van der Waals surface area contributed by atoms with E-state index in [1.165, 1.54) is 0 Å². The van der Waals surface area contributed by atoms with Crippen LogP contribution in [0.25, 0.3) is 0 Å². The number of dihydropyridines is 1. The molecule has 9 nitrogen and oxygen atoms in total. The van der Waals surface area contributed by atoms with Crippen LogP contribution in [0.2, 0.25) is 0 Å². The van der Waals surface area contributed by atoms with Crippen LogP contribution in [-0.2, 0) is 23.8 Å². The smallest absolute Gasteiger partial charge is 0.322 e. The molecular weight excluding hydrogens is 438 g/mol. The molecular formula is C25H29N3O6. The van der Waals surface area contributed by atoms with Gasteiger partial charge in [0.1, 0.15) is 18.5 Å². The van der Waals surface area contributed by atoms with Crippen LogP contribution in [0.3, 0.4) is 0 Å². The fraction of sp³-hybridized carbons (Fsp3) is 0.400. The lowest BCUT2D eigenvalue weighted by Gasteiger charge is -2.20. The Balaban J connectivity index is 1.53. The van der Waals surface area contributed by atoms with Crippen molar-refractivity contribution >= 4 is 23.7 Å². The molecule has 1 saturated heterocycles. The Kier molecular flexibility index (Phi) is 7.32. The molecule has 34 heavy (non-hydrogen) atoms. The van der Waals surface area contributed by atoms with Gasteiger partial charge in [0.25, 0.3) is 0 Å². The summed E-state index contributed by atoms with van der Waals surface area (Å²) in [5.41, 5.74) is 2.46. The Bertz CT molecular complexity index is 1060. The van der Waals surface area contributed by atoms with E-state index >= 15 is 0 Å². The number of carbonyl (C=O) groups excluding carboxylic acids is 2. The van der Waals surface area contributed by atoms with Gasteiger partial charge in [0.2, 0.25) is 5.78 Å². The number of aryl methyl sites for hydroxylation is 1. The lowest BCUT2D eigenvalue weighted by molar-refractivity contribution is -0.151. The molecule has 0 spiro atoms. The summed E-state index contributed by atoms with van der Waals surface area (Å²) in [4.78, 5) is 30.2. The minimum absolute atomic E-state index is 0.00477. The fourth-order valence-electron chi connectivity index (χ4n) is 4.04. The van der Waals surface area contributed by atoms with E-state index in [4.69, 9.17) is 18.9 Å². The van der Waals surface area contributed by atoms with Crippen molar-refractivity contribution in [3.8, 4) is 5.75 Å². The van der Waals surface area contributed by atoms with Crippen LogP contribution >= 0.6 is 0 Å². The summed E-state index contributed by atoms with van der Waals surface area (Å²) in [6.45, 7) is 4.71. The molecule has 0 saturated carbocycles. The normalized spacial score (nSPS) is 26.0. The highest BCUT2D eigenvalue weighted by Crippen LogP contribution is 2.34. The number of benzene rings is 1. The van der Waals surface area contributed by atoms with Crippen LogP contribution in [0.15, 0.2) is 59.0 Å². The quantitative estimate of drug-likeness (QED) is 0.247. The first kappa shape index (κ1) is 23.6. The number of allylic oxidation sites excluding steroid dienone is 3. The van der Waals surface area contributed by atoms with E-state index in [9.17, 15) is 9.59 Å². The number of hydrogen-bond donors (Lipinski definition) is 2. The standard InChI is InChI=1S/C25H29N3O6/c1-4-32-25(30)21-22(29)20(13-16-14-27-23-18(16)6-5-9-26-23)34-24(21)28-19-8-7-17(12-15(19)2)33-11-10-31-3/h5-9,12-14,18,21,23-24,27-28H,4,10-11H2,1-3H3/b20-13-. The van der Waals surface area contributed by atoms with Gasteiger partial charge in [-0.3, -0.25) is 14.6 Å². The molecule has 0 aromatic heterocycles. The number of nitrogens with zero attached hydrogens (tertiary/aromatic N) is 1. The summed E-state index contributed by atoms with van der Waals surface area (Å²) in [5, 5.41) is 6.38. The van der Waals surface area contributed by atoms with Gasteiger partial charge in [-0.2, -0.15) is 0 Å². The van der Waals surface area contributed by atoms with Crippen molar-refractivity contribution in [3.05, 3.63) is 59.5 Å². The van der Waals surface area contributed by atoms with Gasteiger partial charge >= 0.3 is 5.97 Å². The predicted octanol–water partition coefficient (Wildman–Crippen LogP) is 2.49. The first-order valence-corrected chi connectivity index (χ1v) is 11.3. The second kappa shape index (κ2) is 10.6. The van der Waals surface area contributed by atoms with Crippen molar-refractivity contribution in [2.75, 3.05) is 32.2 Å². The maximum Gasteiger partial charge on any atom is 0.322 e. The minimum atomic E-state index is -1.12. The molecule has 0 bridgehead atoms. The number of anilines is 1. The second-order valence-corrected chi connectivity index (χ2v) is 8.07. The topological polar surface area (TPSA) is 107 Å². The van der Waals surface area contributed by atoms with Crippen LogP contribution in [0.4, 0.5) is 5.69 Å². The van der Waals surface area contributed by atoms with Crippen LogP contribution in [0.1, 0.15) is 12.5 Å². The van der Waals surface area contributed by atoms with Crippen molar-refractivity contribution < 1.29 is 28.5 Å². The van der Waals surface area contributed by atoms with Crippen molar-refractivity contribution in [2.45, 2.75) is 26.2 Å². The van der Waals surface area contributed by atoms with E-state index < -0.39 is 23.9 Å². The SMILES string of the molecule is CCOC(=O)C1C(=O)/C(=C/C2=CNC3N=CC=CC23)OC1Nc1ccc(OCCOC)cc1C. The number of hydrogen-bond acceptors (Lipinski definition) is 9. The highest BCUT2D eigenvalue weighted by atomic mass is 16.5. The van der Waals surface area contributed by atoms with Gasteiger partial charge < -0.3 is 29.6 Å². The van der Waals surface area contributed by atoms with Gasteiger partial charge in [-0.25, -0.2) is 0 Å². The number of Topliss-reactive ketones (excluding diaryl/α,β-unsaturated/α-hetero) is 1. The summed E-state index contributed by atoms with van der Waals surface area (Å²) in [6.07, 6.45) is 8.12. The first-order valence-electron chi connectivity index (χ1n) is 11.3. The average Bonchev–Trinajstić information content (AvgIpc) is 3.37. The van der Waals surface area contributed by atoms with E-state index in [0.29, 0.717) is 19.0 Å². The third-order valence-corrected chi connectivity index (χ3v) is 5.77. The number of carbonyl (C=O) groups is 2. The molecule has 0 radical (unpaired) electrons. The van der Waals surface area contributed by atoms with Gasteiger partial charge in [0.05, 0.1) is 13.2 Å². The van der Waals surface area contributed by atoms with Crippen LogP contribution in [-0.4, -0.2) is 57.3 Å². The van der Waals surface area contributed by atoms with E-state index in [1.54, 1.807) is 26.3 Å². The Morgan fingerprint density at radius 1 is 1.32 bits per heavy atom. The molecule has 4 rings (SSSR count). The Labute approximate surface area is 198 Å². The molecule has 1 fully saturated rings. The van der Waals surface area contributed by atoms with Gasteiger partial charge in [-0.1, -0.05) is 6.08 Å². The van der Waals surface area contributed by atoms with Crippen molar-refractivity contribution in [1.29, 1.82) is 0 Å². The fourth-order valence-corrected chi connectivity index (χ4v) is 4.04. The van der Waals surface area contributed by atoms with E-state index in [-0.39, 0.29) is 24.4 Å². The van der Waals surface area contributed by atoms with Crippen molar-refractivity contribution in [3.63, 3.8) is 0 Å². The zero-order valence-corrected chi connectivity index (χ0v) is 19.4. The number of ketones is 1. The Morgan fingerprint density at radius 2 is 2.18 bits per heavy atom. The number of methoxy groups -OCH3 is 1. The lowest BCUT2D eigenvalue weighted by Crippen LogP contribution is -2.35. The molecule has 9 heteroatoms.